The molecule has 1 aromatic heterocycles. The predicted molar refractivity (Wildman–Crippen MR) is 49.7 cm³/mol. The molecule has 66 valence electrons. The van der Waals surface area contributed by atoms with Crippen LogP contribution in [0.15, 0.2) is 10.9 Å². The Hall–Kier alpha value is -0.170. The van der Waals surface area contributed by atoms with E-state index in [1.54, 1.807) is 22.6 Å². The maximum absolute atomic E-state index is 12.2. The second-order valence-corrected chi connectivity index (χ2v) is 3.55. The minimum absolute atomic E-state index is 0.177. The molecular weight excluding hydrogens is 302 g/mol. The van der Waals surface area contributed by atoms with Crippen molar-refractivity contribution in [1.29, 1.82) is 0 Å². The largest absolute Gasteiger partial charge is 0.313 e. The Kier molecular flexibility index (Phi) is 3.05. The summed E-state index contributed by atoms with van der Waals surface area (Å²) in [7, 11) is 0. The average Bonchev–Trinajstić information content (AvgIpc) is 1.82. The van der Waals surface area contributed by atoms with Gasteiger partial charge in [0.2, 0.25) is 5.56 Å². The molecule has 0 aliphatic carbocycles. The summed E-state index contributed by atoms with van der Waals surface area (Å²) in [6.45, 7) is 0. The van der Waals surface area contributed by atoms with Crippen molar-refractivity contribution in [2.75, 3.05) is 0 Å². The number of aromatic nitrogens is 1. The lowest BCUT2D eigenvalue weighted by Gasteiger charge is -2.03. The van der Waals surface area contributed by atoms with E-state index in [4.69, 9.17) is 11.6 Å². The molecule has 6 heteroatoms. The van der Waals surface area contributed by atoms with E-state index in [1.165, 1.54) is 0 Å². The van der Waals surface area contributed by atoms with Crippen LogP contribution in [0.3, 0.4) is 0 Å². The lowest BCUT2D eigenvalue weighted by atomic mass is 10.3. The Labute approximate surface area is 85.1 Å². The van der Waals surface area contributed by atoms with E-state index >= 15 is 0 Å². The number of nitrogens with one attached hydrogen (secondary N) is 1. The van der Waals surface area contributed by atoms with Crippen molar-refractivity contribution in [1.82, 2.24) is 4.98 Å². The molecule has 12 heavy (non-hydrogen) atoms. The van der Waals surface area contributed by atoms with Crippen LogP contribution in [0.5, 0.6) is 0 Å². The maximum atomic E-state index is 12.2. The second-order valence-electron chi connectivity index (χ2n) is 2.01. The molecule has 0 saturated carbocycles. The number of hydrogen-bond donors (Lipinski definition) is 1. The summed E-state index contributed by atoms with van der Waals surface area (Å²) in [5.74, 6) is 0. The van der Waals surface area contributed by atoms with Crippen LogP contribution in [0.1, 0.15) is 12.0 Å². The SMILES string of the molecule is O=c1cc(I)c(C(F)F)c(Cl)[nH]1. The van der Waals surface area contributed by atoms with E-state index in [2.05, 4.69) is 4.98 Å². The van der Waals surface area contributed by atoms with Gasteiger partial charge in [-0.2, -0.15) is 0 Å². The first-order valence-electron chi connectivity index (χ1n) is 2.88. The first-order valence-corrected chi connectivity index (χ1v) is 4.34. The molecule has 0 aliphatic rings. The highest BCUT2D eigenvalue weighted by Gasteiger charge is 2.16. The number of hydrogen-bond acceptors (Lipinski definition) is 1. The van der Waals surface area contributed by atoms with Crippen molar-refractivity contribution in [2.45, 2.75) is 6.43 Å². The van der Waals surface area contributed by atoms with Crippen LogP contribution in [0.4, 0.5) is 8.78 Å². The third kappa shape index (κ3) is 1.95. The molecule has 0 spiro atoms. The summed E-state index contributed by atoms with van der Waals surface area (Å²) in [5.41, 5.74) is -0.800. The van der Waals surface area contributed by atoms with Gasteiger partial charge in [0.1, 0.15) is 5.15 Å². The van der Waals surface area contributed by atoms with Crippen molar-refractivity contribution < 1.29 is 8.78 Å². The first kappa shape index (κ1) is 9.91. The van der Waals surface area contributed by atoms with E-state index < -0.39 is 12.0 Å². The summed E-state index contributed by atoms with van der Waals surface area (Å²) in [5, 5.41) is -0.290. The lowest BCUT2D eigenvalue weighted by Crippen LogP contribution is -2.08. The molecular formula is C6H3ClF2INO. The quantitative estimate of drug-likeness (QED) is 0.628. The summed E-state index contributed by atoms with van der Waals surface area (Å²) in [6.07, 6.45) is -2.67. The van der Waals surface area contributed by atoms with Crippen LogP contribution in [-0.2, 0) is 0 Å². The van der Waals surface area contributed by atoms with Gasteiger partial charge in [0.25, 0.3) is 6.43 Å². The fraction of sp³-hybridized carbons (Fsp3) is 0.167. The van der Waals surface area contributed by atoms with Gasteiger partial charge in [-0.05, 0) is 22.6 Å². The fourth-order valence-corrected chi connectivity index (χ4v) is 1.93. The minimum Gasteiger partial charge on any atom is -0.313 e. The summed E-state index contributed by atoms with van der Waals surface area (Å²) in [6, 6.07) is 1.08. The number of alkyl halides is 2. The highest BCUT2D eigenvalue weighted by Crippen LogP contribution is 2.28. The Morgan fingerprint density at radius 3 is 2.58 bits per heavy atom. The molecule has 0 fully saturated rings. The molecule has 1 N–H and O–H groups in total. The fourth-order valence-electron chi connectivity index (χ4n) is 0.709. The molecule has 0 saturated heterocycles. The van der Waals surface area contributed by atoms with E-state index in [9.17, 15) is 13.6 Å². The van der Waals surface area contributed by atoms with Gasteiger partial charge >= 0.3 is 0 Å². The van der Waals surface area contributed by atoms with Crippen molar-refractivity contribution >= 4 is 34.2 Å². The van der Waals surface area contributed by atoms with Gasteiger partial charge in [0.05, 0.1) is 5.56 Å². The minimum atomic E-state index is -2.67. The van der Waals surface area contributed by atoms with Gasteiger partial charge in [0.15, 0.2) is 0 Å². The summed E-state index contributed by atoms with van der Waals surface area (Å²) < 4.78 is 24.6. The van der Waals surface area contributed by atoms with Crippen LogP contribution in [0, 0.1) is 3.57 Å². The van der Waals surface area contributed by atoms with E-state index in [0.717, 1.165) is 6.07 Å². The number of halogens is 4. The molecule has 0 unspecified atom stereocenters. The molecule has 1 rings (SSSR count). The maximum Gasteiger partial charge on any atom is 0.267 e. The van der Waals surface area contributed by atoms with Gasteiger partial charge in [0, 0.05) is 9.64 Å². The number of pyridine rings is 1. The monoisotopic (exact) mass is 305 g/mol. The van der Waals surface area contributed by atoms with Crippen LogP contribution < -0.4 is 5.56 Å². The zero-order valence-corrected chi connectivity index (χ0v) is 8.49. The zero-order valence-electron chi connectivity index (χ0n) is 5.57. The Bertz CT molecular complexity index is 326. The van der Waals surface area contributed by atoms with Gasteiger partial charge in [-0.3, -0.25) is 4.79 Å². The molecule has 1 heterocycles. The zero-order chi connectivity index (χ0) is 9.30. The smallest absolute Gasteiger partial charge is 0.267 e. The van der Waals surface area contributed by atoms with Gasteiger partial charge in [-0.15, -0.1) is 0 Å². The molecule has 0 amide bonds. The number of H-pyrrole nitrogens is 1. The number of rotatable bonds is 1. The average molecular weight is 305 g/mol. The topological polar surface area (TPSA) is 32.9 Å². The molecule has 0 radical (unpaired) electrons. The second kappa shape index (κ2) is 3.69. The van der Waals surface area contributed by atoms with Crippen molar-refractivity contribution in [3.8, 4) is 0 Å². The molecule has 0 aromatic carbocycles. The van der Waals surface area contributed by atoms with Crippen molar-refractivity contribution in [3.05, 3.63) is 30.7 Å². The predicted octanol–water partition coefficient (Wildman–Crippen LogP) is 2.57. The van der Waals surface area contributed by atoms with E-state index in [0.29, 0.717) is 0 Å². The third-order valence-electron chi connectivity index (χ3n) is 1.20. The molecule has 1 aromatic rings. The molecule has 2 nitrogen and oxygen atoms in total. The molecule has 0 aliphatic heterocycles. The number of aromatic amines is 1. The van der Waals surface area contributed by atoms with Crippen LogP contribution >= 0.6 is 34.2 Å². The molecule has 0 bridgehead atoms. The van der Waals surface area contributed by atoms with Crippen molar-refractivity contribution in [2.24, 2.45) is 0 Å². The van der Waals surface area contributed by atoms with Crippen LogP contribution in [-0.4, -0.2) is 4.98 Å². The molecule has 0 atom stereocenters. The van der Waals surface area contributed by atoms with Crippen LogP contribution in [0.2, 0.25) is 5.15 Å². The van der Waals surface area contributed by atoms with E-state index in [1.807, 2.05) is 0 Å². The van der Waals surface area contributed by atoms with E-state index in [-0.39, 0.29) is 14.3 Å². The van der Waals surface area contributed by atoms with Gasteiger partial charge in [-0.25, -0.2) is 8.78 Å². The lowest BCUT2D eigenvalue weighted by molar-refractivity contribution is 0.150. The highest BCUT2D eigenvalue weighted by molar-refractivity contribution is 14.1. The highest BCUT2D eigenvalue weighted by atomic mass is 127. The van der Waals surface area contributed by atoms with Crippen molar-refractivity contribution in [3.63, 3.8) is 0 Å². The van der Waals surface area contributed by atoms with Crippen LogP contribution in [0.25, 0.3) is 0 Å². The summed E-state index contributed by atoms with van der Waals surface area (Å²) in [4.78, 5) is 12.8. The Morgan fingerprint density at radius 2 is 2.17 bits per heavy atom. The normalized spacial score (nSPS) is 10.8. The first-order chi connectivity index (χ1) is 5.52. The van der Waals surface area contributed by atoms with Gasteiger partial charge in [-0.1, -0.05) is 11.6 Å². The Balaban J connectivity index is 3.38. The standard InChI is InChI=1S/C6H3ClF2INO/c7-5-4(6(8)9)2(10)1-3(12)11-5/h1,6H,(H,11,12). The Morgan fingerprint density at radius 1 is 1.58 bits per heavy atom. The van der Waals surface area contributed by atoms with Gasteiger partial charge < -0.3 is 4.98 Å². The summed E-state index contributed by atoms with van der Waals surface area (Å²) >= 11 is 7.03. The third-order valence-corrected chi connectivity index (χ3v) is 2.39.